The van der Waals surface area contributed by atoms with Crippen molar-refractivity contribution < 1.29 is 21.4 Å². The number of nitrogens with zero attached hydrogens (tertiary/aromatic N) is 2. The Labute approximate surface area is 81.7 Å². The second-order valence-electron chi connectivity index (χ2n) is 2.54. The van der Waals surface area contributed by atoms with Gasteiger partial charge in [0.1, 0.15) is 6.20 Å². The van der Waals surface area contributed by atoms with E-state index in [9.17, 15) is 0 Å². The molecule has 0 fully saturated rings. The molecule has 0 spiro atoms. The number of hydrogen-bond acceptors (Lipinski definition) is 1. The Morgan fingerprint density at radius 2 is 2.00 bits per heavy atom. The van der Waals surface area contributed by atoms with E-state index in [1.165, 1.54) is 5.56 Å². The van der Waals surface area contributed by atoms with E-state index in [-0.39, 0.29) is 17.0 Å². The lowest BCUT2D eigenvalue weighted by molar-refractivity contribution is -0.514. The molecule has 12 heavy (non-hydrogen) atoms. The minimum Gasteiger partial charge on any atom is -1.00 e. The van der Waals surface area contributed by atoms with Crippen LogP contribution < -0.4 is 21.4 Å². The zero-order valence-electron chi connectivity index (χ0n) is 6.74. The van der Waals surface area contributed by atoms with E-state index >= 15 is 0 Å². The van der Waals surface area contributed by atoms with E-state index in [2.05, 4.69) is 18.0 Å². The van der Waals surface area contributed by atoms with Crippen molar-refractivity contribution in [3.05, 3.63) is 42.4 Å². The maximum absolute atomic E-state index is 4.24. The highest BCUT2D eigenvalue weighted by atomic mass is 79.9. The fourth-order valence-corrected chi connectivity index (χ4v) is 1.16. The van der Waals surface area contributed by atoms with Gasteiger partial charge in [-0.05, 0) is 24.0 Å². The number of aryl methyl sites for hydroxylation is 1. The van der Waals surface area contributed by atoms with Gasteiger partial charge in [-0.25, -0.2) is 4.40 Å². The van der Waals surface area contributed by atoms with Crippen LogP contribution in [-0.4, -0.2) is 4.98 Å². The molecule has 0 saturated carbocycles. The Kier molecular flexibility index (Phi) is 2.76. The van der Waals surface area contributed by atoms with Gasteiger partial charge in [-0.2, -0.15) is 0 Å². The third-order valence-corrected chi connectivity index (χ3v) is 1.72. The van der Waals surface area contributed by atoms with Gasteiger partial charge in [-0.3, -0.25) is 0 Å². The smallest absolute Gasteiger partial charge is 0.330 e. The highest BCUT2D eigenvalue weighted by molar-refractivity contribution is 5.37. The van der Waals surface area contributed by atoms with Gasteiger partial charge in [0, 0.05) is 11.6 Å². The third kappa shape index (κ3) is 1.46. The predicted molar refractivity (Wildman–Crippen MR) is 42.1 cm³/mol. The number of halogens is 1. The van der Waals surface area contributed by atoms with E-state index in [1.807, 2.05) is 35.1 Å². The summed E-state index contributed by atoms with van der Waals surface area (Å²) in [6.07, 6.45) is 5.80. The Bertz CT molecular complexity index is 382. The quantitative estimate of drug-likeness (QED) is 0.480. The molecular formula is C9H9BrN2. The van der Waals surface area contributed by atoms with Crippen LogP contribution in [0.5, 0.6) is 0 Å². The zero-order chi connectivity index (χ0) is 7.68. The summed E-state index contributed by atoms with van der Waals surface area (Å²) >= 11 is 0. The molecule has 0 amide bonds. The number of pyridine rings is 1. The summed E-state index contributed by atoms with van der Waals surface area (Å²) < 4.78 is 2.01. The molecule has 0 aliphatic carbocycles. The van der Waals surface area contributed by atoms with Crippen molar-refractivity contribution in [1.29, 1.82) is 0 Å². The van der Waals surface area contributed by atoms with E-state index in [0.29, 0.717) is 0 Å². The summed E-state index contributed by atoms with van der Waals surface area (Å²) in [5, 5.41) is 0. The van der Waals surface area contributed by atoms with Crippen LogP contribution in [0, 0.1) is 6.92 Å². The van der Waals surface area contributed by atoms with Crippen LogP contribution in [0.25, 0.3) is 5.65 Å². The molecule has 0 aliphatic rings. The predicted octanol–water partition coefficient (Wildman–Crippen LogP) is -1.87. The average molecular weight is 225 g/mol. The molecule has 2 rings (SSSR count). The number of rotatable bonds is 0. The van der Waals surface area contributed by atoms with Crippen molar-refractivity contribution in [3.8, 4) is 0 Å². The van der Waals surface area contributed by atoms with Gasteiger partial charge < -0.3 is 17.0 Å². The Morgan fingerprint density at radius 1 is 1.25 bits per heavy atom. The zero-order valence-corrected chi connectivity index (χ0v) is 8.32. The largest absolute Gasteiger partial charge is 1.00 e. The lowest BCUT2D eigenvalue weighted by atomic mass is 10.3. The molecular weight excluding hydrogens is 216 g/mol. The van der Waals surface area contributed by atoms with Gasteiger partial charge in [0.2, 0.25) is 0 Å². The molecule has 0 aliphatic heterocycles. The first-order valence-electron chi connectivity index (χ1n) is 3.59. The van der Waals surface area contributed by atoms with Gasteiger partial charge in [0.15, 0.2) is 0 Å². The first-order valence-corrected chi connectivity index (χ1v) is 3.59. The maximum Gasteiger partial charge on any atom is 0.330 e. The van der Waals surface area contributed by atoms with Crippen LogP contribution in [0.2, 0.25) is 0 Å². The van der Waals surface area contributed by atoms with Crippen molar-refractivity contribution in [3.63, 3.8) is 0 Å². The van der Waals surface area contributed by atoms with Crippen molar-refractivity contribution in [2.45, 2.75) is 6.92 Å². The summed E-state index contributed by atoms with van der Waals surface area (Å²) in [5.74, 6) is 0. The Morgan fingerprint density at radius 3 is 2.75 bits per heavy atom. The normalized spacial score (nSPS) is 9.42. The second-order valence-corrected chi connectivity index (χ2v) is 2.54. The van der Waals surface area contributed by atoms with Crippen molar-refractivity contribution in [2.75, 3.05) is 0 Å². The SMILES string of the molecule is Cc1ccc[n+]2cccnc12.[Br-]. The average Bonchev–Trinajstić information content (AvgIpc) is 2.06. The summed E-state index contributed by atoms with van der Waals surface area (Å²) in [4.78, 5) is 4.24. The standard InChI is InChI=1S/C9H9N2.BrH/c1-8-4-2-6-11-7-3-5-10-9(8)11;/h2-7H,1H3;1H/q+1;/p-1. The molecule has 0 radical (unpaired) electrons. The number of hydrogen-bond donors (Lipinski definition) is 0. The highest BCUT2D eigenvalue weighted by Gasteiger charge is 2.02. The fraction of sp³-hybridized carbons (Fsp3) is 0.111. The molecule has 2 aromatic rings. The summed E-state index contributed by atoms with van der Waals surface area (Å²) in [6.45, 7) is 2.06. The third-order valence-electron chi connectivity index (χ3n) is 1.72. The van der Waals surface area contributed by atoms with Crippen molar-refractivity contribution in [1.82, 2.24) is 4.98 Å². The first kappa shape index (κ1) is 9.13. The van der Waals surface area contributed by atoms with Gasteiger partial charge in [-0.15, -0.1) is 0 Å². The van der Waals surface area contributed by atoms with E-state index in [0.717, 1.165) is 5.65 Å². The molecule has 0 aromatic carbocycles. The minimum atomic E-state index is 0. The van der Waals surface area contributed by atoms with Crippen LogP contribution in [0.3, 0.4) is 0 Å². The Balaban J connectivity index is 0.000000720. The van der Waals surface area contributed by atoms with E-state index in [4.69, 9.17) is 0 Å². The molecule has 62 valence electrons. The molecule has 0 saturated heterocycles. The molecule has 0 bridgehead atoms. The molecule has 2 aromatic heterocycles. The monoisotopic (exact) mass is 224 g/mol. The number of aromatic nitrogens is 2. The second kappa shape index (κ2) is 3.63. The van der Waals surface area contributed by atoms with Crippen LogP contribution in [-0.2, 0) is 0 Å². The number of fused-ring (bicyclic) bond motifs is 1. The summed E-state index contributed by atoms with van der Waals surface area (Å²) in [5.41, 5.74) is 2.23. The lowest BCUT2D eigenvalue weighted by Crippen LogP contribution is -3.00. The summed E-state index contributed by atoms with van der Waals surface area (Å²) in [7, 11) is 0. The van der Waals surface area contributed by atoms with Gasteiger partial charge in [0.25, 0.3) is 0 Å². The summed E-state index contributed by atoms with van der Waals surface area (Å²) in [6, 6.07) is 6.00. The van der Waals surface area contributed by atoms with Crippen LogP contribution in [0.1, 0.15) is 5.56 Å². The van der Waals surface area contributed by atoms with Gasteiger partial charge in [-0.1, -0.05) is 0 Å². The van der Waals surface area contributed by atoms with Crippen LogP contribution in [0.4, 0.5) is 0 Å². The van der Waals surface area contributed by atoms with Crippen LogP contribution >= 0.6 is 0 Å². The van der Waals surface area contributed by atoms with Crippen LogP contribution in [0.15, 0.2) is 36.8 Å². The maximum atomic E-state index is 4.24. The Hall–Kier alpha value is -0.960. The molecule has 3 heteroatoms. The molecule has 0 atom stereocenters. The van der Waals surface area contributed by atoms with Gasteiger partial charge >= 0.3 is 5.65 Å². The fourth-order valence-electron chi connectivity index (χ4n) is 1.16. The molecule has 0 unspecified atom stereocenters. The van der Waals surface area contributed by atoms with Gasteiger partial charge in [0.05, 0.1) is 12.4 Å². The van der Waals surface area contributed by atoms with E-state index < -0.39 is 0 Å². The molecule has 2 heterocycles. The first-order chi connectivity index (χ1) is 5.38. The highest BCUT2D eigenvalue weighted by Crippen LogP contribution is 1.98. The molecule has 0 N–H and O–H groups in total. The van der Waals surface area contributed by atoms with Crippen molar-refractivity contribution in [2.24, 2.45) is 0 Å². The topological polar surface area (TPSA) is 17.0 Å². The van der Waals surface area contributed by atoms with E-state index in [1.54, 1.807) is 0 Å². The minimum absolute atomic E-state index is 0. The lowest BCUT2D eigenvalue weighted by Gasteiger charge is -1.90. The molecule has 2 nitrogen and oxygen atoms in total. The van der Waals surface area contributed by atoms with Crippen molar-refractivity contribution >= 4 is 5.65 Å².